The SMILES string of the molecule is CCOC(=O)CCNC(=O)[C@H](C[C@H](O)[C@@H](N)Cc1ccccc1)C(C)C. The molecule has 0 heterocycles. The number of amides is 1. The van der Waals surface area contributed by atoms with Crippen LogP contribution in [0.4, 0.5) is 0 Å². The largest absolute Gasteiger partial charge is 0.466 e. The predicted octanol–water partition coefficient (Wildman–Crippen LogP) is 1.65. The van der Waals surface area contributed by atoms with E-state index in [9.17, 15) is 14.7 Å². The fourth-order valence-corrected chi connectivity index (χ4v) is 2.79. The average molecular weight is 364 g/mol. The van der Waals surface area contributed by atoms with Gasteiger partial charge in [-0.25, -0.2) is 0 Å². The van der Waals surface area contributed by atoms with Gasteiger partial charge in [0, 0.05) is 18.5 Å². The third kappa shape index (κ3) is 7.97. The van der Waals surface area contributed by atoms with Crippen molar-refractivity contribution in [1.82, 2.24) is 5.32 Å². The van der Waals surface area contributed by atoms with E-state index < -0.39 is 12.1 Å². The Labute approximate surface area is 156 Å². The molecule has 0 unspecified atom stereocenters. The van der Waals surface area contributed by atoms with Gasteiger partial charge >= 0.3 is 5.97 Å². The molecule has 1 aromatic rings. The number of esters is 1. The van der Waals surface area contributed by atoms with Crippen LogP contribution in [0.15, 0.2) is 30.3 Å². The normalized spacial score (nSPS) is 14.5. The number of hydrogen-bond donors (Lipinski definition) is 3. The van der Waals surface area contributed by atoms with Gasteiger partial charge in [-0.3, -0.25) is 9.59 Å². The minimum atomic E-state index is -0.779. The van der Waals surface area contributed by atoms with Crippen LogP contribution in [0.2, 0.25) is 0 Å². The summed E-state index contributed by atoms with van der Waals surface area (Å²) in [5.41, 5.74) is 7.18. The fourth-order valence-electron chi connectivity index (χ4n) is 2.79. The van der Waals surface area contributed by atoms with E-state index in [1.807, 2.05) is 44.2 Å². The van der Waals surface area contributed by atoms with Gasteiger partial charge in [0.2, 0.25) is 5.91 Å². The van der Waals surface area contributed by atoms with Crippen molar-refractivity contribution in [2.45, 2.75) is 52.2 Å². The lowest BCUT2D eigenvalue weighted by Crippen LogP contribution is -2.42. The number of nitrogens with two attached hydrogens (primary N) is 1. The summed E-state index contributed by atoms with van der Waals surface area (Å²) in [7, 11) is 0. The Balaban J connectivity index is 2.52. The van der Waals surface area contributed by atoms with Gasteiger partial charge in [0.15, 0.2) is 0 Å². The van der Waals surface area contributed by atoms with Gasteiger partial charge in [-0.2, -0.15) is 0 Å². The molecule has 0 radical (unpaired) electrons. The molecule has 0 aliphatic rings. The molecule has 1 amide bonds. The number of nitrogens with one attached hydrogen (secondary N) is 1. The number of hydrogen-bond acceptors (Lipinski definition) is 5. The van der Waals surface area contributed by atoms with E-state index in [0.29, 0.717) is 13.0 Å². The summed E-state index contributed by atoms with van der Waals surface area (Å²) < 4.78 is 4.84. The quantitative estimate of drug-likeness (QED) is 0.518. The van der Waals surface area contributed by atoms with Crippen molar-refractivity contribution in [2.24, 2.45) is 17.6 Å². The molecule has 1 rings (SSSR count). The van der Waals surface area contributed by atoms with Crippen LogP contribution in [0.5, 0.6) is 0 Å². The van der Waals surface area contributed by atoms with Gasteiger partial charge in [0.1, 0.15) is 0 Å². The van der Waals surface area contributed by atoms with Crippen LogP contribution in [0, 0.1) is 11.8 Å². The molecular formula is C20H32N2O4. The second kappa shape index (κ2) is 11.6. The predicted molar refractivity (Wildman–Crippen MR) is 101 cm³/mol. The van der Waals surface area contributed by atoms with Gasteiger partial charge in [0.05, 0.1) is 19.1 Å². The summed E-state index contributed by atoms with van der Waals surface area (Å²) in [5.74, 6) is -0.820. The van der Waals surface area contributed by atoms with Gasteiger partial charge in [-0.05, 0) is 31.2 Å². The lowest BCUT2D eigenvalue weighted by atomic mass is 9.86. The van der Waals surface area contributed by atoms with Crippen LogP contribution in [-0.4, -0.2) is 42.3 Å². The molecule has 0 aliphatic heterocycles. The second-order valence-electron chi connectivity index (χ2n) is 6.85. The molecule has 0 aliphatic carbocycles. The van der Waals surface area contributed by atoms with E-state index in [4.69, 9.17) is 10.5 Å². The highest BCUT2D eigenvalue weighted by Gasteiger charge is 2.27. The Morgan fingerprint density at radius 2 is 1.88 bits per heavy atom. The summed E-state index contributed by atoms with van der Waals surface area (Å²) in [6.45, 7) is 6.17. The van der Waals surface area contributed by atoms with Crippen molar-refractivity contribution in [1.29, 1.82) is 0 Å². The molecule has 6 nitrogen and oxygen atoms in total. The highest BCUT2D eigenvalue weighted by Crippen LogP contribution is 2.20. The maximum Gasteiger partial charge on any atom is 0.307 e. The average Bonchev–Trinajstić information content (AvgIpc) is 2.60. The van der Waals surface area contributed by atoms with Crippen LogP contribution in [0.1, 0.15) is 39.2 Å². The molecule has 3 atom stereocenters. The molecule has 0 aromatic heterocycles. The van der Waals surface area contributed by atoms with Gasteiger partial charge in [0.25, 0.3) is 0 Å². The number of carbonyl (C=O) groups is 2. The minimum absolute atomic E-state index is 0.0520. The first-order chi connectivity index (χ1) is 12.3. The molecule has 1 aromatic carbocycles. The van der Waals surface area contributed by atoms with Crippen molar-refractivity contribution < 1.29 is 19.4 Å². The number of carbonyl (C=O) groups excluding carboxylic acids is 2. The molecule has 26 heavy (non-hydrogen) atoms. The van der Waals surface area contributed by atoms with E-state index in [1.165, 1.54) is 0 Å². The fraction of sp³-hybridized carbons (Fsp3) is 0.600. The van der Waals surface area contributed by atoms with Crippen LogP contribution in [0.25, 0.3) is 0 Å². The van der Waals surface area contributed by atoms with Crippen LogP contribution < -0.4 is 11.1 Å². The highest BCUT2D eigenvalue weighted by molar-refractivity contribution is 5.79. The molecule has 0 bridgehead atoms. The van der Waals surface area contributed by atoms with Crippen LogP contribution >= 0.6 is 0 Å². The first kappa shape index (κ1) is 22.1. The van der Waals surface area contributed by atoms with E-state index in [-0.39, 0.29) is 43.1 Å². The maximum atomic E-state index is 12.4. The van der Waals surface area contributed by atoms with Crippen LogP contribution in [0.3, 0.4) is 0 Å². The smallest absolute Gasteiger partial charge is 0.307 e. The maximum absolute atomic E-state index is 12.4. The number of aliphatic hydroxyl groups excluding tert-OH is 1. The molecule has 0 saturated carbocycles. The first-order valence-corrected chi connectivity index (χ1v) is 9.26. The standard InChI is InChI=1S/C20H32N2O4/c1-4-26-19(24)10-11-22-20(25)16(14(2)3)13-18(23)17(21)12-15-8-6-5-7-9-15/h5-9,14,16-18,23H,4,10-13,21H2,1-3H3,(H,22,25)/t16-,17+,18+/m1/s1. The van der Waals surface area contributed by atoms with Crippen molar-refractivity contribution in [3.8, 4) is 0 Å². The topological polar surface area (TPSA) is 102 Å². The lowest BCUT2D eigenvalue weighted by molar-refractivity contribution is -0.143. The minimum Gasteiger partial charge on any atom is -0.466 e. The number of rotatable bonds is 11. The zero-order valence-corrected chi connectivity index (χ0v) is 16.0. The molecule has 6 heteroatoms. The Bertz CT molecular complexity index is 548. The van der Waals surface area contributed by atoms with E-state index in [2.05, 4.69) is 5.32 Å². The Kier molecular flexibility index (Phi) is 9.91. The third-order valence-corrected chi connectivity index (χ3v) is 4.38. The second-order valence-corrected chi connectivity index (χ2v) is 6.85. The molecule has 4 N–H and O–H groups in total. The van der Waals surface area contributed by atoms with Crippen molar-refractivity contribution in [3.63, 3.8) is 0 Å². The summed E-state index contributed by atoms with van der Waals surface area (Å²) >= 11 is 0. The Morgan fingerprint density at radius 1 is 1.23 bits per heavy atom. The summed E-state index contributed by atoms with van der Waals surface area (Å²) in [6.07, 6.45) is 0.202. The van der Waals surface area contributed by atoms with Crippen molar-refractivity contribution >= 4 is 11.9 Å². The molecule has 0 saturated heterocycles. The summed E-state index contributed by atoms with van der Waals surface area (Å²) in [4.78, 5) is 23.8. The summed E-state index contributed by atoms with van der Waals surface area (Å²) in [6, 6.07) is 9.29. The van der Waals surface area contributed by atoms with E-state index >= 15 is 0 Å². The third-order valence-electron chi connectivity index (χ3n) is 4.38. The summed E-state index contributed by atoms with van der Waals surface area (Å²) in [5, 5.41) is 13.2. The Hall–Kier alpha value is -1.92. The Morgan fingerprint density at radius 3 is 2.46 bits per heavy atom. The monoisotopic (exact) mass is 364 g/mol. The van der Waals surface area contributed by atoms with E-state index in [0.717, 1.165) is 5.56 Å². The zero-order valence-electron chi connectivity index (χ0n) is 16.0. The van der Waals surface area contributed by atoms with Gasteiger partial charge < -0.3 is 20.9 Å². The molecular weight excluding hydrogens is 332 g/mol. The number of benzene rings is 1. The number of ether oxygens (including phenoxy) is 1. The lowest BCUT2D eigenvalue weighted by Gasteiger charge is -2.26. The van der Waals surface area contributed by atoms with Crippen molar-refractivity contribution in [3.05, 3.63) is 35.9 Å². The number of aliphatic hydroxyl groups is 1. The molecule has 0 spiro atoms. The molecule has 146 valence electrons. The van der Waals surface area contributed by atoms with Crippen LogP contribution in [-0.2, 0) is 20.7 Å². The molecule has 0 fully saturated rings. The zero-order chi connectivity index (χ0) is 19.5. The van der Waals surface area contributed by atoms with Gasteiger partial charge in [-0.15, -0.1) is 0 Å². The van der Waals surface area contributed by atoms with Gasteiger partial charge in [-0.1, -0.05) is 44.2 Å². The van der Waals surface area contributed by atoms with Crippen molar-refractivity contribution in [2.75, 3.05) is 13.2 Å². The first-order valence-electron chi connectivity index (χ1n) is 9.26. The highest BCUT2D eigenvalue weighted by atomic mass is 16.5. The van der Waals surface area contributed by atoms with E-state index in [1.54, 1.807) is 6.92 Å².